The van der Waals surface area contributed by atoms with Crippen LogP contribution in [0, 0.1) is 5.92 Å². The minimum Gasteiger partial charge on any atom is -0.491 e. The van der Waals surface area contributed by atoms with E-state index in [0.717, 1.165) is 25.2 Å². The second-order valence-corrected chi connectivity index (χ2v) is 5.93. The molecule has 21 heavy (non-hydrogen) atoms. The highest BCUT2D eigenvalue weighted by Gasteiger charge is 2.32. The molecule has 1 aromatic rings. The molecule has 0 radical (unpaired) electrons. The third kappa shape index (κ3) is 3.37. The largest absolute Gasteiger partial charge is 0.491 e. The Morgan fingerprint density at radius 2 is 2.10 bits per heavy atom. The summed E-state index contributed by atoms with van der Waals surface area (Å²) in [4.78, 5) is 0. The Morgan fingerprint density at radius 1 is 1.29 bits per heavy atom. The second kappa shape index (κ2) is 6.75. The molecule has 2 fully saturated rings. The van der Waals surface area contributed by atoms with E-state index in [-0.39, 0.29) is 24.8 Å². The van der Waals surface area contributed by atoms with Crippen LogP contribution in [-0.2, 0) is 4.74 Å². The maximum atomic E-state index is 9.28. The summed E-state index contributed by atoms with van der Waals surface area (Å²) in [5, 5.41) is 9.28. The van der Waals surface area contributed by atoms with Crippen molar-refractivity contribution in [1.29, 1.82) is 0 Å². The number of aliphatic hydroxyl groups excluding tert-OH is 1. The van der Waals surface area contributed by atoms with Crippen molar-refractivity contribution in [3.8, 4) is 5.75 Å². The molecule has 0 aliphatic carbocycles. The maximum absolute atomic E-state index is 9.28. The van der Waals surface area contributed by atoms with Gasteiger partial charge in [0.15, 0.2) is 0 Å². The van der Waals surface area contributed by atoms with Crippen LogP contribution < -0.4 is 15.6 Å². The van der Waals surface area contributed by atoms with Crippen LogP contribution in [0.3, 0.4) is 0 Å². The minimum absolute atomic E-state index is 0.102. The molecule has 2 aliphatic rings. The van der Waals surface area contributed by atoms with E-state index in [1.54, 1.807) is 0 Å². The molecule has 4 unspecified atom stereocenters. The molecule has 116 valence electrons. The van der Waals surface area contributed by atoms with Gasteiger partial charge in [-0.3, -0.25) is 5.43 Å². The second-order valence-electron chi connectivity index (χ2n) is 5.93. The lowest BCUT2D eigenvalue weighted by Crippen LogP contribution is -2.34. The quantitative estimate of drug-likeness (QED) is 0.765. The topological polar surface area (TPSA) is 62.8 Å². The normalized spacial score (nSPS) is 32.5. The summed E-state index contributed by atoms with van der Waals surface area (Å²) in [6, 6.07) is 8.50. The van der Waals surface area contributed by atoms with E-state index in [1.165, 1.54) is 5.56 Å². The Bertz CT molecular complexity index is 445. The van der Waals surface area contributed by atoms with E-state index >= 15 is 0 Å². The van der Waals surface area contributed by atoms with Crippen molar-refractivity contribution in [2.75, 3.05) is 19.8 Å². The molecule has 2 aliphatic heterocycles. The first-order valence-electron chi connectivity index (χ1n) is 7.74. The van der Waals surface area contributed by atoms with Crippen molar-refractivity contribution < 1.29 is 14.6 Å². The van der Waals surface area contributed by atoms with E-state index in [1.807, 2.05) is 12.1 Å². The average Bonchev–Trinajstić information content (AvgIpc) is 3.15. The van der Waals surface area contributed by atoms with Crippen LogP contribution in [0.4, 0.5) is 0 Å². The lowest BCUT2D eigenvalue weighted by atomic mass is 9.91. The summed E-state index contributed by atoms with van der Waals surface area (Å²) in [5.41, 5.74) is 7.59. The number of hydrogen-bond acceptors (Lipinski definition) is 5. The predicted octanol–water partition coefficient (Wildman–Crippen LogP) is 1.39. The summed E-state index contributed by atoms with van der Waals surface area (Å²) in [6.07, 6.45) is 2.48. The maximum Gasteiger partial charge on any atom is 0.119 e. The highest BCUT2D eigenvalue weighted by atomic mass is 16.5. The van der Waals surface area contributed by atoms with Crippen LogP contribution in [0.2, 0.25) is 0 Å². The molecule has 0 saturated carbocycles. The zero-order valence-electron chi connectivity index (χ0n) is 12.4. The van der Waals surface area contributed by atoms with Gasteiger partial charge < -0.3 is 14.6 Å². The molecule has 3 rings (SSSR count). The summed E-state index contributed by atoms with van der Waals surface area (Å²) in [7, 11) is 0. The highest BCUT2D eigenvalue weighted by Crippen LogP contribution is 2.29. The van der Waals surface area contributed by atoms with Crippen LogP contribution in [0.5, 0.6) is 5.75 Å². The zero-order chi connectivity index (χ0) is 14.7. The Labute approximate surface area is 125 Å². The third-order valence-corrected chi connectivity index (χ3v) is 4.48. The molecule has 2 heterocycles. The molecule has 3 N–H and O–H groups in total. The molecule has 0 spiro atoms. The Kier molecular flexibility index (Phi) is 4.75. The van der Waals surface area contributed by atoms with Crippen LogP contribution in [0.15, 0.2) is 24.3 Å². The summed E-state index contributed by atoms with van der Waals surface area (Å²) in [5.74, 6) is 1.22. The number of aliphatic hydroxyl groups is 1. The van der Waals surface area contributed by atoms with Gasteiger partial charge >= 0.3 is 0 Å². The Hall–Kier alpha value is -1.14. The number of ether oxygens (including phenoxy) is 2. The van der Waals surface area contributed by atoms with Gasteiger partial charge in [-0.05, 0) is 36.5 Å². The van der Waals surface area contributed by atoms with Gasteiger partial charge in [-0.25, -0.2) is 5.43 Å². The van der Waals surface area contributed by atoms with Gasteiger partial charge in [0.2, 0.25) is 0 Å². The van der Waals surface area contributed by atoms with Gasteiger partial charge in [0.05, 0.1) is 18.8 Å². The van der Waals surface area contributed by atoms with E-state index < -0.39 is 0 Å². The first-order chi connectivity index (χ1) is 10.3. The van der Waals surface area contributed by atoms with Crippen molar-refractivity contribution in [2.45, 2.75) is 38.0 Å². The third-order valence-electron chi connectivity index (χ3n) is 4.48. The fourth-order valence-corrected chi connectivity index (χ4v) is 3.03. The van der Waals surface area contributed by atoms with Crippen molar-refractivity contribution in [2.24, 2.45) is 5.92 Å². The lowest BCUT2D eigenvalue weighted by Gasteiger charge is -2.18. The molecule has 0 aromatic heterocycles. The lowest BCUT2D eigenvalue weighted by molar-refractivity contribution is 0.0679. The molecular formula is C16H24N2O3. The van der Waals surface area contributed by atoms with Crippen LogP contribution >= 0.6 is 0 Å². The van der Waals surface area contributed by atoms with E-state index in [2.05, 4.69) is 29.9 Å². The molecule has 4 atom stereocenters. The van der Waals surface area contributed by atoms with Gasteiger partial charge in [-0.2, -0.15) is 0 Å². The van der Waals surface area contributed by atoms with Crippen LogP contribution in [0.25, 0.3) is 0 Å². The van der Waals surface area contributed by atoms with Gasteiger partial charge in [-0.15, -0.1) is 0 Å². The minimum atomic E-state index is 0.102. The molecule has 1 aromatic carbocycles. The highest BCUT2D eigenvalue weighted by molar-refractivity contribution is 5.30. The molecule has 0 amide bonds. The van der Waals surface area contributed by atoms with E-state index in [9.17, 15) is 5.11 Å². The number of nitrogens with one attached hydrogen (secondary N) is 2. The van der Waals surface area contributed by atoms with Crippen LogP contribution in [-0.4, -0.2) is 37.1 Å². The number of benzene rings is 1. The van der Waals surface area contributed by atoms with Crippen molar-refractivity contribution in [3.63, 3.8) is 0 Å². The van der Waals surface area contributed by atoms with E-state index in [4.69, 9.17) is 9.47 Å². The summed E-state index contributed by atoms with van der Waals surface area (Å²) < 4.78 is 11.3. The van der Waals surface area contributed by atoms with Crippen molar-refractivity contribution in [3.05, 3.63) is 29.8 Å². The predicted molar refractivity (Wildman–Crippen MR) is 80.0 cm³/mol. The van der Waals surface area contributed by atoms with Crippen molar-refractivity contribution >= 4 is 0 Å². The van der Waals surface area contributed by atoms with Gasteiger partial charge in [0.1, 0.15) is 12.4 Å². The first kappa shape index (κ1) is 14.8. The van der Waals surface area contributed by atoms with Gasteiger partial charge in [-0.1, -0.05) is 19.1 Å². The van der Waals surface area contributed by atoms with E-state index in [0.29, 0.717) is 12.5 Å². The Balaban J connectivity index is 1.56. The Morgan fingerprint density at radius 3 is 2.71 bits per heavy atom. The molecule has 0 bridgehead atoms. The molecule has 5 heteroatoms. The average molecular weight is 292 g/mol. The number of hydrazine groups is 1. The summed E-state index contributed by atoms with van der Waals surface area (Å²) >= 11 is 0. The monoisotopic (exact) mass is 292 g/mol. The van der Waals surface area contributed by atoms with Gasteiger partial charge in [0.25, 0.3) is 0 Å². The molecule has 2 saturated heterocycles. The number of rotatable bonds is 5. The fraction of sp³-hybridized carbons (Fsp3) is 0.625. The zero-order valence-corrected chi connectivity index (χ0v) is 12.4. The van der Waals surface area contributed by atoms with Crippen molar-refractivity contribution in [1.82, 2.24) is 10.9 Å². The summed E-state index contributed by atoms with van der Waals surface area (Å²) in [6.45, 7) is 3.77. The van der Waals surface area contributed by atoms with Gasteiger partial charge in [0, 0.05) is 12.6 Å². The SMILES string of the molecule is CC1C(CO)NNC1c1ccc(OCC2CCCO2)cc1. The molecular weight excluding hydrogens is 268 g/mol. The van der Waals surface area contributed by atoms with Crippen LogP contribution in [0.1, 0.15) is 31.4 Å². The standard InChI is InChI=1S/C16H24N2O3/c1-11-15(9-19)17-18-16(11)12-4-6-13(7-5-12)21-10-14-3-2-8-20-14/h4-7,11,14-19H,2-3,8-10H2,1H3. The smallest absolute Gasteiger partial charge is 0.119 e. The number of hydrogen-bond donors (Lipinski definition) is 3. The first-order valence-corrected chi connectivity index (χ1v) is 7.74. The molecule has 5 nitrogen and oxygen atoms in total. The fourth-order valence-electron chi connectivity index (χ4n) is 3.03.